The minimum Gasteiger partial charge on any atom is -0.481 e. The number of carbonyl (C=O) groups excluding carboxylic acids is 1. The van der Waals surface area contributed by atoms with E-state index in [2.05, 4.69) is 16.4 Å². The molecular formula is C17H18N2O3. The van der Waals surface area contributed by atoms with Crippen molar-refractivity contribution in [3.8, 4) is 0 Å². The summed E-state index contributed by atoms with van der Waals surface area (Å²) in [5.41, 5.74) is 1.06. The van der Waals surface area contributed by atoms with E-state index in [1.165, 1.54) is 0 Å². The Morgan fingerprint density at radius 2 is 1.91 bits per heavy atom. The van der Waals surface area contributed by atoms with Gasteiger partial charge in [0.2, 0.25) is 5.91 Å². The van der Waals surface area contributed by atoms with Crippen LogP contribution in [0.25, 0.3) is 0 Å². The summed E-state index contributed by atoms with van der Waals surface area (Å²) in [6, 6.07) is 3.62. The number of rotatable bonds is 3. The molecule has 1 aromatic heterocycles. The molecule has 2 fully saturated rings. The third kappa shape index (κ3) is 1.74. The molecule has 1 spiro atoms. The number of amides is 1. The number of nitrogens with zero attached hydrogens (tertiary/aromatic N) is 1. The zero-order valence-electron chi connectivity index (χ0n) is 12.3. The van der Waals surface area contributed by atoms with Crippen molar-refractivity contribution in [1.29, 1.82) is 0 Å². The third-order valence-electron chi connectivity index (χ3n) is 5.59. The first-order chi connectivity index (χ1) is 10.5. The number of anilines is 1. The number of aliphatic carboxylic acids is 1. The van der Waals surface area contributed by atoms with Crippen LogP contribution < -0.4 is 5.32 Å². The number of aromatic nitrogens is 1. The van der Waals surface area contributed by atoms with E-state index in [1.54, 1.807) is 12.3 Å². The molecule has 5 heteroatoms. The molecule has 0 radical (unpaired) electrons. The minimum absolute atomic E-state index is 0.0109. The van der Waals surface area contributed by atoms with Crippen molar-refractivity contribution >= 4 is 17.7 Å². The van der Waals surface area contributed by atoms with E-state index in [9.17, 15) is 14.7 Å². The van der Waals surface area contributed by atoms with Crippen molar-refractivity contribution in [1.82, 2.24) is 4.98 Å². The molecule has 4 rings (SSSR count). The monoisotopic (exact) mass is 298 g/mol. The summed E-state index contributed by atoms with van der Waals surface area (Å²) in [4.78, 5) is 28.5. The lowest BCUT2D eigenvalue weighted by molar-refractivity contribution is -0.146. The number of carbonyl (C=O) groups is 2. The lowest BCUT2D eigenvalue weighted by Crippen LogP contribution is -2.36. The van der Waals surface area contributed by atoms with Gasteiger partial charge in [-0.25, -0.2) is 4.98 Å². The SMILES string of the molecule is Cc1ccc(NC(=O)C2[C@H](C(=O)O)[C@H]3C=C[C@@H]2C32CC2)nc1. The van der Waals surface area contributed by atoms with Gasteiger partial charge in [0.05, 0.1) is 11.8 Å². The first-order valence-electron chi connectivity index (χ1n) is 7.67. The highest BCUT2D eigenvalue weighted by Gasteiger charge is 2.70. The highest BCUT2D eigenvalue weighted by Crippen LogP contribution is 2.72. The number of aryl methyl sites for hydroxylation is 1. The van der Waals surface area contributed by atoms with E-state index in [1.807, 2.05) is 19.1 Å². The smallest absolute Gasteiger partial charge is 0.307 e. The summed E-state index contributed by atoms with van der Waals surface area (Å²) in [7, 11) is 0. The lowest BCUT2D eigenvalue weighted by atomic mass is 9.82. The number of hydrogen-bond donors (Lipinski definition) is 2. The fourth-order valence-electron chi connectivity index (χ4n) is 4.44. The molecule has 1 heterocycles. The van der Waals surface area contributed by atoms with Gasteiger partial charge in [0, 0.05) is 6.20 Å². The van der Waals surface area contributed by atoms with Crippen LogP contribution in [0.5, 0.6) is 0 Å². The molecule has 2 N–H and O–H groups in total. The Hall–Kier alpha value is -2.17. The van der Waals surface area contributed by atoms with Crippen LogP contribution in [-0.2, 0) is 9.59 Å². The van der Waals surface area contributed by atoms with Gasteiger partial charge in [-0.2, -0.15) is 0 Å². The second-order valence-corrected chi connectivity index (χ2v) is 6.77. The van der Waals surface area contributed by atoms with Gasteiger partial charge in [-0.15, -0.1) is 0 Å². The van der Waals surface area contributed by atoms with E-state index >= 15 is 0 Å². The second-order valence-electron chi connectivity index (χ2n) is 6.77. The number of carboxylic acid groups (broad SMARTS) is 1. The predicted octanol–water partition coefficient (Wildman–Crippen LogP) is 2.24. The Kier molecular flexibility index (Phi) is 2.71. The van der Waals surface area contributed by atoms with Gasteiger partial charge in [0.25, 0.3) is 0 Å². The van der Waals surface area contributed by atoms with Gasteiger partial charge in [-0.05, 0) is 48.6 Å². The largest absolute Gasteiger partial charge is 0.481 e. The van der Waals surface area contributed by atoms with Crippen LogP contribution >= 0.6 is 0 Å². The zero-order chi connectivity index (χ0) is 15.5. The molecular weight excluding hydrogens is 280 g/mol. The third-order valence-corrected chi connectivity index (χ3v) is 5.59. The van der Waals surface area contributed by atoms with Crippen molar-refractivity contribution in [3.63, 3.8) is 0 Å². The highest BCUT2D eigenvalue weighted by molar-refractivity contribution is 5.96. The van der Waals surface area contributed by atoms with Gasteiger partial charge in [-0.3, -0.25) is 9.59 Å². The van der Waals surface area contributed by atoms with Crippen molar-refractivity contribution in [2.75, 3.05) is 5.32 Å². The number of pyridine rings is 1. The number of allylic oxidation sites excluding steroid dienone is 2. The summed E-state index contributed by atoms with van der Waals surface area (Å²) >= 11 is 0. The van der Waals surface area contributed by atoms with Crippen molar-refractivity contribution in [2.45, 2.75) is 19.8 Å². The van der Waals surface area contributed by atoms with Crippen LogP contribution in [0.1, 0.15) is 18.4 Å². The van der Waals surface area contributed by atoms with Crippen LogP contribution in [0.15, 0.2) is 30.5 Å². The fraction of sp³-hybridized carbons (Fsp3) is 0.471. The number of hydrogen-bond acceptors (Lipinski definition) is 3. The normalized spacial score (nSPS) is 33.1. The fourth-order valence-corrected chi connectivity index (χ4v) is 4.44. The molecule has 2 saturated carbocycles. The van der Waals surface area contributed by atoms with Gasteiger partial charge in [0.1, 0.15) is 5.82 Å². The number of carboxylic acids is 1. The molecule has 0 saturated heterocycles. The first-order valence-corrected chi connectivity index (χ1v) is 7.67. The lowest BCUT2D eigenvalue weighted by Gasteiger charge is -2.23. The molecule has 1 unspecified atom stereocenters. The summed E-state index contributed by atoms with van der Waals surface area (Å²) < 4.78 is 0. The van der Waals surface area contributed by atoms with Gasteiger partial charge >= 0.3 is 5.97 Å². The van der Waals surface area contributed by atoms with Crippen LogP contribution in [-0.4, -0.2) is 22.0 Å². The molecule has 1 aromatic rings. The summed E-state index contributed by atoms with van der Waals surface area (Å²) in [6.07, 6.45) is 7.83. The molecule has 3 aliphatic carbocycles. The Labute approximate surface area is 128 Å². The molecule has 114 valence electrons. The molecule has 0 aliphatic heterocycles. The van der Waals surface area contributed by atoms with E-state index in [0.29, 0.717) is 5.82 Å². The first kappa shape index (κ1) is 13.5. The van der Waals surface area contributed by atoms with E-state index in [-0.39, 0.29) is 23.2 Å². The van der Waals surface area contributed by atoms with Crippen LogP contribution in [0.3, 0.4) is 0 Å². The Morgan fingerprint density at radius 3 is 2.45 bits per heavy atom. The molecule has 3 aliphatic rings. The Balaban J connectivity index is 1.60. The molecule has 4 atom stereocenters. The summed E-state index contributed by atoms with van der Waals surface area (Å²) in [6.45, 7) is 1.93. The standard InChI is InChI=1S/C17H18N2O3/c1-9-2-5-12(18-8-9)19-15(20)13-10-3-4-11(14(13)16(21)22)17(10)6-7-17/h2-5,8,10-11,13-14H,6-7H2,1H3,(H,21,22)(H,18,19,20)/t10-,11+,13?,14+/m0/s1. The molecule has 5 nitrogen and oxygen atoms in total. The summed E-state index contributed by atoms with van der Waals surface area (Å²) in [5, 5.41) is 12.4. The van der Waals surface area contributed by atoms with Crippen LogP contribution in [0.2, 0.25) is 0 Å². The average Bonchev–Trinajstić information content (AvgIpc) is 3.15. The quantitative estimate of drug-likeness (QED) is 0.839. The van der Waals surface area contributed by atoms with Crippen molar-refractivity contribution < 1.29 is 14.7 Å². The molecule has 22 heavy (non-hydrogen) atoms. The highest BCUT2D eigenvalue weighted by atomic mass is 16.4. The van der Waals surface area contributed by atoms with Gasteiger partial charge in [0.15, 0.2) is 0 Å². The maximum atomic E-state index is 12.7. The van der Waals surface area contributed by atoms with E-state index < -0.39 is 17.8 Å². The van der Waals surface area contributed by atoms with Crippen molar-refractivity contribution in [2.24, 2.45) is 29.1 Å². The molecule has 0 aromatic carbocycles. The Bertz CT molecular complexity index is 676. The molecule has 1 amide bonds. The maximum Gasteiger partial charge on any atom is 0.307 e. The predicted molar refractivity (Wildman–Crippen MR) is 80.0 cm³/mol. The summed E-state index contributed by atoms with van der Waals surface area (Å²) in [5.74, 6) is -1.62. The maximum absolute atomic E-state index is 12.7. The second kappa shape index (κ2) is 4.41. The molecule has 2 bridgehead atoms. The zero-order valence-corrected chi connectivity index (χ0v) is 12.3. The van der Waals surface area contributed by atoms with Gasteiger partial charge in [-0.1, -0.05) is 18.2 Å². The minimum atomic E-state index is -0.861. The van der Waals surface area contributed by atoms with E-state index in [0.717, 1.165) is 18.4 Å². The number of nitrogens with one attached hydrogen (secondary N) is 1. The van der Waals surface area contributed by atoms with Crippen LogP contribution in [0, 0.1) is 36.0 Å². The van der Waals surface area contributed by atoms with Crippen molar-refractivity contribution in [3.05, 3.63) is 36.0 Å². The Morgan fingerprint density at radius 1 is 1.23 bits per heavy atom. The van der Waals surface area contributed by atoms with Crippen LogP contribution in [0.4, 0.5) is 5.82 Å². The average molecular weight is 298 g/mol. The topological polar surface area (TPSA) is 79.3 Å². The van der Waals surface area contributed by atoms with Gasteiger partial charge < -0.3 is 10.4 Å². The van der Waals surface area contributed by atoms with E-state index in [4.69, 9.17) is 0 Å².